The molecule has 1 aromatic carbocycles. The molecule has 1 atom stereocenters. The fourth-order valence-electron chi connectivity index (χ4n) is 3.03. The van der Waals surface area contributed by atoms with Crippen LogP contribution >= 0.6 is 0 Å². The van der Waals surface area contributed by atoms with Crippen molar-refractivity contribution in [2.75, 3.05) is 45.9 Å². The summed E-state index contributed by atoms with van der Waals surface area (Å²) in [5.74, 6) is 1.03. The lowest BCUT2D eigenvalue weighted by atomic mass is 10.2. The van der Waals surface area contributed by atoms with Crippen molar-refractivity contribution in [2.24, 2.45) is 0 Å². The van der Waals surface area contributed by atoms with Crippen LogP contribution in [0.15, 0.2) is 12.1 Å². The standard InChI is InChI=1S/C19H28N2O6/c1-13(22)21(8-7-18(23)20-12-15-6-5-9-27-15)14-10-16(24-2)19(26-4)17(11-14)25-3/h10-11,15H,5-9,12H2,1-4H3,(H,20,23). The van der Waals surface area contributed by atoms with Crippen LogP contribution in [-0.2, 0) is 14.3 Å². The molecule has 0 aromatic heterocycles. The highest BCUT2D eigenvalue weighted by Crippen LogP contribution is 2.41. The molecule has 2 rings (SSSR count). The number of nitrogens with one attached hydrogen (secondary N) is 1. The van der Waals surface area contributed by atoms with E-state index in [9.17, 15) is 9.59 Å². The molecule has 2 amide bonds. The van der Waals surface area contributed by atoms with Crippen LogP contribution in [0.25, 0.3) is 0 Å². The van der Waals surface area contributed by atoms with Gasteiger partial charge < -0.3 is 29.2 Å². The highest BCUT2D eigenvalue weighted by atomic mass is 16.5. The number of nitrogens with zero attached hydrogens (tertiary/aromatic N) is 1. The van der Waals surface area contributed by atoms with Crippen LogP contribution in [0, 0.1) is 0 Å². The Morgan fingerprint density at radius 1 is 1.19 bits per heavy atom. The zero-order valence-corrected chi connectivity index (χ0v) is 16.4. The average molecular weight is 380 g/mol. The Hall–Kier alpha value is -2.48. The summed E-state index contributed by atoms with van der Waals surface area (Å²) in [7, 11) is 4.54. The van der Waals surface area contributed by atoms with E-state index in [1.165, 1.54) is 33.2 Å². The maximum Gasteiger partial charge on any atom is 0.223 e. The molecular formula is C19H28N2O6. The molecule has 0 saturated carbocycles. The van der Waals surface area contributed by atoms with Gasteiger partial charge in [0.05, 0.1) is 33.1 Å². The molecule has 1 saturated heterocycles. The number of methoxy groups -OCH3 is 3. The summed E-state index contributed by atoms with van der Waals surface area (Å²) >= 11 is 0. The van der Waals surface area contributed by atoms with Gasteiger partial charge in [-0.25, -0.2) is 0 Å². The lowest BCUT2D eigenvalue weighted by molar-refractivity contribution is -0.121. The number of benzene rings is 1. The number of hydrogen-bond donors (Lipinski definition) is 1. The SMILES string of the molecule is COc1cc(N(CCC(=O)NCC2CCCO2)C(C)=O)cc(OC)c1OC. The number of ether oxygens (including phenoxy) is 4. The maximum absolute atomic E-state index is 12.1. The van der Waals surface area contributed by atoms with Gasteiger partial charge in [0, 0.05) is 45.2 Å². The van der Waals surface area contributed by atoms with Crippen molar-refractivity contribution in [3.05, 3.63) is 12.1 Å². The summed E-state index contributed by atoms with van der Waals surface area (Å²) in [6.45, 7) is 2.95. The molecule has 1 heterocycles. The minimum atomic E-state index is -0.184. The third-order valence-corrected chi connectivity index (χ3v) is 4.45. The molecule has 1 aliphatic heterocycles. The van der Waals surface area contributed by atoms with Crippen LogP contribution in [-0.4, -0.2) is 58.9 Å². The highest BCUT2D eigenvalue weighted by molar-refractivity contribution is 5.93. The second-order valence-electron chi connectivity index (χ2n) is 6.24. The average Bonchev–Trinajstić information content (AvgIpc) is 3.18. The Morgan fingerprint density at radius 3 is 2.33 bits per heavy atom. The summed E-state index contributed by atoms with van der Waals surface area (Å²) in [5, 5.41) is 2.86. The molecule has 8 nitrogen and oxygen atoms in total. The van der Waals surface area contributed by atoms with Gasteiger partial charge in [-0.3, -0.25) is 9.59 Å². The second kappa shape index (κ2) is 10.0. The van der Waals surface area contributed by atoms with Gasteiger partial charge in [-0.15, -0.1) is 0 Å². The molecule has 1 unspecified atom stereocenters. The largest absolute Gasteiger partial charge is 0.493 e. The zero-order valence-electron chi connectivity index (χ0n) is 16.4. The summed E-state index contributed by atoms with van der Waals surface area (Å²) in [5.41, 5.74) is 0.573. The number of hydrogen-bond acceptors (Lipinski definition) is 6. The van der Waals surface area contributed by atoms with Crippen LogP contribution in [0.2, 0.25) is 0 Å². The molecule has 0 spiro atoms. The molecule has 1 N–H and O–H groups in total. The molecule has 0 bridgehead atoms. The highest BCUT2D eigenvalue weighted by Gasteiger charge is 2.20. The number of rotatable bonds is 9. The van der Waals surface area contributed by atoms with Gasteiger partial charge in [-0.1, -0.05) is 0 Å². The van der Waals surface area contributed by atoms with Crippen LogP contribution < -0.4 is 24.4 Å². The van der Waals surface area contributed by atoms with E-state index in [4.69, 9.17) is 18.9 Å². The number of carbonyl (C=O) groups excluding carboxylic acids is 2. The minimum absolute atomic E-state index is 0.0907. The first-order valence-electron chi connectivity index (χ1n) is 8.96. The smallest absolute Gasteiger partial charge is 0.223 e. The van der Waals surface area contributed by atoms with E-state index >= 15 is 0 Å². The van der Waals surface area contributed by atoms with E-state index in [1.54, 1.807) is 12.1 Å². The van der Waals surface area contributed by atoms with Gasteiger partial charge in [0.2, 0.25) is 17.6 Å². The van der Waals surface area contributed by atoms with Crippen molar-refractivity contribution in [1.29, 1.82) is 0 Å². The summed E-state index contributed by atoms with van der Waals surface area (Å²) < 4.78 is 21.5. The third-order valence-electron chi connectivity index (χ3n) is 4.45. The van der Waals surface area contributed by atoms with Crippen molar-refractivity contribution in [3.8, 4) is 17.2 Å². The second-order valence-corrected chi connectivity index (χ2v) is 6.24. The first-order chi connectivity index (χ1) is 13.0. The molecule has 1 fully saturated rings. The fraction of sp³-hybridized carbons (Fsp3) is 0.579. The van der Waals surface area contributed by atoms with E-state index < -0.39 is 0 Å². The van der Waals surface area contributed by atoms with Gasteiger partial charge in [0.25, 0.3) is 0 Å². The normalized spacial score (nSPS) is 15.9. The molecule has 27 heavy (non-hydrogen) atoms. The Bertz CT molecular complexity index is 633. The third kappa shape index (κ3) is 5.50. The molecular weight excluding hydrogens is 352 g/mol. The van der Waals surface area contributed by atoms with Gasteiger partial charge in [-0.05, 0) is 12.8 Å². The van der Waals surface area contributed by atoms with E-state index in [0.717, 1.165) is 19.4 Å². The van der Waals surface area contributed by atoms with Gasteiger partial charge in [0.1, 0.15) is 0 Å². The maximum atomic E-state index is 12.1. The van der Waals surface area contributed by atoms with Crippen molar-refractivity contribution in [1.82, 2.24) is 5.32 Å². The summed E-state index contributed by atoms with van der Waals surface area (Å²) in [6, 6.07) is 3.38. The minimum Gasteiger partial charge on any atom is -0.493 e. The van der Waals surface area contributed by atoms with Crippen molar-refractivity contribution < 1.29 is 28.5 Å². The van der Waals surface area contributed by atoms with Crippen LogP contribution in [0.3, 0.4) is 0 Å². The van der Waals surface area contributed by atoms with Gasteiger partial charge >= 0.3 is 0 Å². The molecule has 8 heteroatoms. The van der Waals surface area contributed by atoms with E-state index in [1.807, 2.05) is 0 Å². The van der Waals surface area contributed by atoms with Crippen molar-refractivity contribution >= 4 is 17.5 Å². The summed E-state index contributed by atoms with van der Waals surface area (Å²) in [4.78, 5) is 25.8. The Balaban J connectivity index is 2.05. The zero-order chi connectivity index (χ0) is 19.8. The Kier molecular flexibility index (Phi) is 7.72. The summed E-state index contributed by atoms with van der Waals surface area (Å²) in [6.07, 6.45) is 2.27. The molecule has 1 aromatic rings. The number of anilines is 1. The molecule has 150 valence electrons. The van der Waals surface area contributed by atoms with Crippen molar-refractivity contribution in [3.63, 3.8) is 0 Å². The van der Waals surface area contributed by atoms with Crippen molar-refractivity contribution in [2.45, 2.75) is 32.3 Å². The fourth-order valence-corrected chi connectivity index (χ4v) is 3.03. The van der Waals surface area contributed by atoms with Gasteiger partial charge in [-0.2, -0.15) is 0 Å². The molecule has 0 radical (unpaired) electrons. The number of carbonyl (C=O) groups is 2. The lowest BCUT2D eigenvalue weighted by Gasteiger charge is -2.23. The monoisotopic (exact) mass is 380 g/mol. The van der Waals surface area contributed by atoms with Crippen LogP contribution in [0.4, 0.5) is 5.69 Å². The van der Waals surface area contributed by atoms with E-state index in [2.05, 4.69) is 5.32 Å². The number of amides is 2. The van der Waals surface area contributed by atoms with E-state index in [0.29, 0.717) is 29.5 Å². The van der Waals surface area contributed by atoms with Crippen LogP contribution in [0.5, 0.6) is 17.2 Å². The van der Waals surface area contributed by atoms with Crippen LogP contribution in [0.1, 0.15) is 26.2 Å². The first-order valence-corrected chi connectivity index (χ1v) is 8.96. The predicted octanol–water partition coefficient (Wildman–Crippen LogP) is 1.75. The Morgan fingerprint density at radius 2 is 1.85 bits per heavy atom. The predicted molar refractivity (Wildman–Crippen MR) is 101 cm³/mol. The Labute approximate surface area is 159 Å². The molecule has 1 aliphatic rings. The molecule has 0 aliphatic carbocycles. The van der Waals surface area contributed by atoms with E-state index in [-0.39, 0.29) is 30.9 Å². The lowest BCUT2D eigenvalue weighted by Crippen LogP contribution is -2.36. The van der Waals surface area contributed by atoms with Gasteiger partial charge in [0.15, 0.2) is 11.5 Å². The topological polar surface area (TPSA) is 86.3 Å². The quantitative estimate of drug-likeness (QED) is 0.702. The first kappa shape index (κ1) is 20.8.